The monoisotopic (exact) mass is 457 g/mol. The van der Waals surface area contributed by atoms with Gasteiger partial charge in [0.1, 0.15) is 5.82 Å². The molecule has 1 aromatic heterocycles. The van der Waals surface area contributed by atoms with Crippen LogP contribution in [0.3, 0.4) is 0 Å². The third kappa shape index (κ3) is 4.65. The number of thioether (sulfide) groups is 1. The highest BCUT2D eigenvalue weighted by molar-refractivity contribution is 7.99. The Morgan fingerprint density at radius 3 is 2.19 bits per heavy atom. The molecule has 31 heavy (non-hydrogen) atoms. The minimum atomic E-state index is -3.53. The van der Waals surface area contributed by atoms with E-state index in [0.717, 1.165) is 11.5 Å². The lowest BCUT2D eigenvalue weighted by Crippen LogP contribution is -2.50. The third-order valence-corrected chi connectivity index (χ3v) is 7.93. The number of sulfonamides is 1. The summed E-state index contributed by atoms with van der Waals surface area (Å²) in [5, 5.41) is 9.00. The van der Waals surface area contributed by atoms with Crippen molar-refractivity contribution in [3.8, 4) is 5.69 Å². The molecular weight excluding hydrogens is 434 g/mol. The molecule has 8 nitrogen and oxygen atoms in total. The lowest BCUT2D eigenvalue weighted by atomic mass is 10.3. The number of carbonyl (C=O) groups excluding carboxylic acids is 1. The van der Waals surface area contributed by atoms with Gasteiger partial charge in [0.05, 0.1) is 10.6 Å². The largest absolute Gasteiger partial charge is 0.339 e. The van der Waals surface area contributed by atoms with E-state index >= 15 is 0 Å². The standard InChI is InChI=1S/C21H23N5O3S2/c1-17-22-23-21(26(17)18-8-4-2-5-9-18)30-16-20(27)24-12-14-25(15-13-24)31(28,29)19-10-6-3-7-11-19/h2-11H,12-16H2,1H3. The minimum absolute atomic E-state index is 0.0398. The predicted octanol–water partition coefficient (Wildman–Crippen LogP) is 2.20. The van der Waals surface area contributed by atoms with E-state index in [1.54, 1.807) is 35.2 Å². The molecule has 0 unspecified atom stereocenters. The van der Waals surface area contributed by atoms with Crippen LogP contribution in [0.2, 0.25) is 0 Å². The van der Waals surface area contributed by atoms with Gasteiger partial charge in [-0.1, -0.05) is 48.2 Å². The molecule has 10 heteroatoms. The summed E-state index contributed by atoms with van der Waals surface area (Å²) in [6, 6.07) is 18.1. The number of carbonyl (C=O) groups is 1. The Balaban J connectivity index is 1.36. The molecule has 0 N–H and O–H groups in total. The number of aryl methyl sites for hydroxylation is 1. The van der Waals surface area contributed by atoms with Crippen molar-refractivity contribution in [2.24, 2.45) is 0 Å². The zero-order chi connectivity index (χ0) is 21.8. The first-order valence-electron chi connectivity index (χ1n) is 9.90. The molecule has 0 saturated carbocycles. The molecule has 1 aliphatic heterocycles. The fourth-order valence-electron chi connectivity index (χ4n) is 3.45. The van der Waals surface area contributed by atoms with E-state index < -0.39 is 10.0 Å². The lowest BCUT2D eigenvalue weighted by molar-refractivity contribution is -0.129. The Morgan fingerprint density at radius 1 is 0.935 bits per heavy atom. The number of hydrogen-bond donors (Lipinski definition) is 0. The molecule has 0 spiro atoms. The van der Waals surface area contributed by atoms with Gasteiger partial charge >= 0.3 is 0 Å². The first-order valence-corrected chi connectivity index (χ1v) is 12.3. The van der Waals surface area contributed by atoms with E-state index in [9.17, 15) is 13.2 Å². The zero-order valence-corrected chi connectivity index (χ0v) is 18.7. The van der Waals surface area contributed by atoms with Crippen LogP contribution in [0.25, 0.3) is 5.69 Å². The topological polar surface area (TPSA) is 88.4 Å². The molecule has 0 aliphatic carbocycles. The number of benzene rings is 2. The third-order valence-electron chi connectivity index (χ3n) is 5.11. The van der Waals surface area contributed by atoms with Gasteiger partial charge in [0, 0.05) is 31.9 Å². The first kappa shape index (κ1) is 21.5. The van der Waals surface area contributed by atoms with E-state index in [-0.39, 0.29) is 29.6 Å². The number of nitrogens with zero attached hydrogens (tertiary/aromatic N) is 5. The summed E-state index contributed by atoms with van der Waals surface area (Å²) in [7, 11) is -3.53. The van der Waals surface area contributed by atoms with Crippen molar-refractivity contribution in [2.75, 3.05) is 31.9 Å². The van der Waals surface area contributed by atoms with E-state index in [1.165, 1.54) is 16.1 Å². The summed E-state index contributed by atoms with van der Waals surface area (Å²) in [5.41, 5.74) is 0.944. The number of para-hydroxylation sites is 1. The molecule has 0 atom stereocenters. The van der Waals surface area contributed by atoms with Crippen LogP contribution in [0.5, 0.6) is 0 Å². The highest BCUT2D eigenvalue weighted by Crippen LogP contribution is 2.23. The van der Waals surface area contributed by atoms with Crippen LogP contribution in [0.1, 0.15) is 5.82 Å². The van der Waals surface area contributed by atoms with Crippen LogP contribution in [0.4, 0.5) is 0 Å². The Morgan fingerprint density at radius 2 is 1.55 bits per heavy atom. The number of amides is 1. The first-order chi connectivity index (χ1) is 15.0. The summed E-state index contributed by atoms with van der Waals surface area (Å²) in [4.78, 5) is 14.7. The normalized spacial score (nSPS) is 15.2. The molecule has 2 heterocycles. The molecule has 0 bridgehead atoms. The van der Waals surface area contributed by atoms with Crippen LogP contribution in [-0.4, -0.2) is 70.2 Å². The van der Waals surface area contributed by atoms with Crippen LogP contribution in [0.15, 0.2) is 70.7 Å². The van der Waals surface area contributed by atoms with Gasteiger partial charge in [-0.2, -0.15) is 4.31 Å². The average Bonchev–Trinajstić information content (AvgIpc) is 3.19. The van der Waals surface area contributed by atoms with Gasteiger partial charge in [-0.15, -0.1) is 10.2 Å². The van der Waals surface area contributed by atoms with Crippen LogP contribution in [-0.2, 0) is 14.8 Å². The molecule has 162 valence electrons. The second-order valence-corrected chi connectivity index (χ2v) is 9.97. The van der Waals surface area contributed by atoms with E-state index in [2.05, 4.69) is 10.2 Å². The van der Waals surface area contributed by atoms with Crippen molar-refractivity contribution in [2.45, 2.75) is 17.0 Å². The molecule has 1 amide bonds. The maximum atomic E-state index is 12.7. The van der Waals surface area contributed by atoms with Crippen molar-refractivity contribution in [3.63, 3.8) is 0 Å². The average molecular weight is 458 g/mol. The number of hydrogen-bond acceptors (Lipinski definition) is 6. The van der Waals surface area contributed by atoms with Crippen LogP contribution in [0, 0.1) is 6.92 Å². The quantitative estimate of drug-likeness (QED) is 0.528. The van der Waals surface area contributed by atoms with Crippen molar-refractivity contribution in [1.82, 2.24) is 24.0 Å². The maximum Gasteiger partial charge on any atom is 0.243 e. The number of piperazine rings is 1. The van der Waals surface area contributed by atoms with Gasteiger partial charge in [0.15, 0.2) is 5.16 Å². The molecule has 1 aliphatic rings. The number of aromatic nitrogens is 3. The van der Waals surface area contributed by atoms with Gasteiger partial charge < -0.3 is 4.90 Å². The summed E-state index contributed by atoms with van der Waals surface area (Å²) < 4.78 is 28.9. The second kappa shape index (κ2) is 9.21. The highest BCUT2D eigenvalue weighted by Gasteiger charge is 2.30. The van der Waals surface area contributed by atoms with Gasteiger partial charge in [-0.3, -0.25) is 9.36 Å². The Labute approximate surface area is 185 Å². The van der Waals surface area contributed by atoms with Crippen LogP contribution >= 0.6 is 11.8 Å². The fraction of sp³-hybridized carbons (Fsp3) is 0.286. The second-order valence-electron chi connectivity index (χ2n) is 7.09. The molecule has 1 saturated heterocycles. The summed E-state index contributed by atoms with van der Waals surface area (Å²) in [6.45, 7) is 3.18. The lowest BCUT2D eigenvalue weighted by Gasteiger charge is -2.34. The molecular formula is C21H23N5O3S2. The predicted molar refractivity (Wildman–Crippen MR) is 119 cm³/mol. The van der Waals surface area contributed by atoms with Crippen molar-refractivity contribution in [3.05, 3.63) is 66.5 Å². The Kier molecular flexibility index (Phi) is 6.40. The molecule has 3 aromatic rings. The van der Waals surface area contributed by atoms with Crippen molar-refractivity contribution >= 4 is 27.7 Å². The SMILES string of the molecule is Cc1nnc(SCC(=O)N2CCN(S(=O)(=O)c3ccccc3)CC2)n1-c1ccccc1. The Bertz CT molecular complexity index is 1140. The summed E-state index contributed by atoms with van der Waals surface area (Å²) in [6.07, 6.45) is 0. The molecule has 2 aromatic carbocycles. The number of rotatable bonds is 6. The van der Waals surface area contributed by atoms with Crippen molar-refractivity contribution < 1.29 is 13.2 Å². The van der Waals surface area contributed by atoms with Crippen molar-refractivity contribution in [1.29, 1.82) is 0 Å². The fourth-order valence-corrected chi connectivity index (χ4v) is 5.79. The molecule has 0 radical (unpaired) electrons. The van der Waals surface area contributed by atoms with E-state index in [1.807, 2.05) is 41.8 Å². The summed E-state index contributed by atoms with van der Waals surface area (Å²) >= 11 is 1.33. The smallest absolute Gasteiger partial charge is 0.243 e. The van der Waals surface area contributed by atoms with Gasteiger partial charge in [-0.25, -0.2) is 8.42 Å². The molecule has 1 fully saturated rings. The zero-order valence-electron chi connectivity index (χ0n) is 17.1. The van der Waals surface area contributed by atoms with Gasteiger partial charge in [0.25, 0.3) is 0 Å². The van der Waals surface area contributed by atoms with E-state index in [4.69, 9.17) is 0 Å². The van der Waals surface area contributed by atoms with Gasteiger partial charge in [-0.05, 0) is 31.2 Å². The summed E-state index contributed by atoms with van der Waals surface area (Å²) in [5.74, 6) is 0.930. The maximum absolute atomic E-state index is 12.7. The highest BCUT2D eigenvalue weighted by atomic mass is 32.2. The van der Waals surface area contributed by atoms with Gasteiger partial charge in [0.2, 0.25) is 15.9 Å². The molecule has 4 rings (SSSR count). The van der Waals surface area contributed by atoms with E-state index in [0.29, 0.717) is 18.2 Å². The minimum Gasteiger partial charge on any atom is -0.339 e. The Hall–Kier alpha value is -2.69. The van der Waals surface area contributed by atoms with Crippen LogP contribution < -0.4 is 0 Å².